The number of nitrogens with one attached hydrogen (secondary N) is 1. The van der Waals surface area contributed by atoms with Crippen LogP contribution in [0.3, 0.4) is 0 Å². The number of hydrogen-bond donors (Lipinski definition) is 1. The Morgan fingerprint density at radius 3 is 2.58 bits per heavy atom. The molecule has 1 N–H and O–H groups in total. The van der Waals surface area contributed by atoms with E-state index >= 15 is 0 Å². The molecule has 2 aromatic heterocycles. The Morgan fingerprint density at radius 2 is 1.84 bits per heavy atom. The van der Waals surface area contributed by atoms with E-state index in [1.165, 1.54) is 11.3 Å². The first-order valence-corrected chi connectivity index (χ1v) is 10.5. The lowest BCUT2D eigenvalue weighted by Crippen LogP contribution is -2.25. The van der Waals surface area contributed by atoms with E-state index in [4.69, 9.17) is 14.2 Å². The molecule has 0 fully saturated rings. The Labute approximate surface area is 182 Å². The first-order valence-electron chi connectivity index (χ1n) is 9.67. The monoisotopic (exact) mass is 436 g/mol. The largest absolute Gasteiger partial charge is 0.493 e. The highest BCUT2D eigenvalue weighted by Gasteiger charge is 2.34. The molecule has 0 bridgehead atoms. The predicted molar refractivity (Wildman–Crippen MR) is 118 cm³/mol. The van der Waals surface area contributed by atoms with E-state index < -0.39 is 0 Å². The average molecular weight is 436 g/mol. The molecule has 31 heavy (non-hydrogen) atoms. The molecule has 0 unspecified atom stereocenters. The predicted octanol–water partition coefficient (Wildman–Crippen LogP) is 3.98. The molecule has 1 atom stereocenters. The number of carbonyl (C=O) groups is 1. The summed E-state index contributed by atoms with van der Waals surface area (Å²) < 4.78 is 19.3. The topological polar surface area (TPSA) is 87.5 Å². The fraction of sp³-hybridized carbons (Fsp3) is 0.227. The Bertz CT molecular complexity index is 1260. The summed E-state index contributed by atoms with van der Waals surface area (Å²) in [6.45, 7) is 0. The van der Waals surface area contributed by atoms with Gasteiger partial charge < -0.3 is 19.5 Å². The van der Waals surface area contributed by atoms with Crippen molar-refractivity contribution >= 4 is 33.3 Å². The number of benzene rings is 2. The van der Waals surface area contributed by atoms with Gasteiger partial charge in [0.05, 0.1) is 37.7 Å². The fourth-order valence-electron chi connectivity index (χ4n) is 3.99. The number of carbonyl (C=O) groups excluding carboxylic acids is 1. The van der Waals surface area contributed by atoms with Gasteiger partial charge in [-0.2, -0.15) is 9.78 Å². The Morgan fingerprint density at radius 1 is 1.03 bits per heavy atom. The van der Waals surface area contributed by atoms with E-state index in [1.54, 1.807) is 32.2 Å². The summed E-state index contributed by atoms with van der Waals surface area (Å²) in [6.07, 6.45) is 2.05. The summed E-state index contributed by atoms with van der Waals surface area (Å²) in [4.78, 5) is 17.4. The number of rotatable bonds is 5. The summed E-state index contributed by atoms with van der Waals surface area (Å²) in [5.74, 6) is 1.87. The lowest BCUT2D eigenvalue weighted by molar-refractivity contribution is -0.116. The minimum Gasteiger partial charge on any atom is -0.493 e. The van der Waals surface area contributed by atoms with Crippen LogP contribution in [0.15, 0.2) is 42.6 Å². The highest BCUT2D eigenvalue weighted by atomic mass is 32.1. The third-order valence-corrected chi connectivity index (χ3v) is 6.41. The lowest BCUT2D eigenvalue weighted by atomic mass is 9.86. The van der Waals surface area contributed by atoms with Crippen LogP contribution in [-0.2, 0) is 4.79 Å². The van der Waals surface area contributed by atoms with Gasteiger partial charge in [0.2, 0.25) is 16.8 Å². The molecule has 3 heterocycles. The van der Waals surface area contributed by atoms with Crippen LogP contribution in [0.2, 0.25) is 0 Å². The van der Waals surface area contributed by atoms with E-state index in [0.29, 0.717) is 28.2 Å². The van der Waals surface area contributed by atoms with Crippen molar-refractivity contribution < 1.29 is 19.0 Å². The lowest BCUT2D eigenvalue weighted by Gasteiger charge is -2.26. The second-order valence-electron chi connectivity index (χ2n) is 7.05. The second-order valence-corrected chi connectivity index (χ2v) is 8.06. The van der Waals surface area contributed by atoms with Crippen LogP contribution in [0.1, 0.15) is 23.5 Å². The maximum absolute atomic E-state index is 12.7. The zero-order valence-electron chi connectivity index (χ0n) is 17.2. The van der Waals surface area contributed by atoms with Gasteiger partial charge in [0.25, 0.3) is 0 Å². The fourth-order valence-corrected chi connectivity index (χ4v) is 4.92. The number of anilines is 1. The molecule has 8 nitrogen and oxygen atoms in total. The number of hydrogen-bond acceptors (Lipinski definition) is 7. The Kier molecular flexibility index (Phi) is 4.74. The number of aromatic nitrogens is 3. The van der Waals surface area contributed by atoms with Gasteiger partial charge >= 0.3 is 0 Å². The number of fused-ring (bicyclic) bond motifs is 2. The molecule has 2 aromatic carbocycles. The van der Waals surface area contributed by atoms with Gasteiger partial charge in [0, 0.05) is 23.5 Å². The van der Waals surface area contributed by atoms with Gasteiger partial charge in [0.1, 0.15) is 5.82 Å². The average Bonchev–Trinajstić information content (AvgIpc) is 3.41. The van der Waals surface area contributed by atoms with Crippen molar-refractivity contribution in [3.05, 3.63) is 53.7 Å². The normalized spacial score (nSPS) is 15.5. The third kappa shape index (κ3) is 3.09. The van der Waals surface area contributed by atoms with Crippen molar-refractivity contribution in [2.24, 2.45) is 0 Å². The maximum Gasteiger partial charge on any atom is 0.226 e. The van der Waals surface area contributed by atoms with Crippen molar-refractivity contribution in [3.63, 3.8) is 0 Å². The van der Waals surface area contributed by atoms with Crippen LogP contribution in [0.25, 0.3) is 15.3 Å². The molecule has 0 radical (unpaired) electrons. The number of amides is 1. The van der Waals surface area contributed by atoms with Crippen LogP contribution in [0, 0.1) is 0 Å². The number of ether oxygens (including phenoxy) is 3. The molecule has 9 heteroatoms. The number of thiazole rings is 1. The molecule has 1 aliphatic rings. The zero-order chi connectivity index (χ0) is 21.5. The van der Waals surface area contributed by atoms with Gasteiger partial charge in [-0.15, -0.1) is 0 Å². The number of para-hydroxylation sites is 1. The maximum atomic E-state index is 12.7. The molecule has 1 aliphatic heterocycles. The van der Waals surface area contributed by atoms with E-state index in [2.05, 4.69) is 15.4 Å². The molecule has 5 rings (SSSR count). The van der Waals surface area contributed by atoms with E-state index in [0.717, 1.165) is 21.3 Å². The zero-order valence-corrected chi connectivity index (χ0v) is 18.0. The van der Waals surface area contributed by atoms with Crippen LogP contribution in [0.5, 0.6) is 17.2 Å². The summed E-state index contributed by atoms with van der Waals surface area (Å²) >= 11 is 1.52. The Hall–Kier alpha value is -3.59. The van der Waals surface area contributed by atoms with Crippen molar-refractivity contribution in [1.82, 2.24) is 14.8 Å². The van der Waals surface area contributed by atoms with Crippen LogP contribution < -0.4 is 19.5 Å². The summed E-state index contributed by atoms with van der Waals surface area (Å²) in [6, 6.07) is 11.6. The molecule has 1 amide bonds. The van der Waals surface area contributed by atoms with Crippen LogP contribution in [0.4, 0.5) is 5.82 Å². The minimum absolute atomic E-state index is 0.0998. The summed E-state index contributed by atoms with van der Waals surface area (Å²) in [5.41, 5.74) is 2.62. The first kappa shape index (κ1) is 19.4. The smallest absolute Gasteiger partial charge is 0.226 e. The SMILES string of the molecule is COc1ccc([C@H]2CC(=O)Nc3c2cnn3-c2nc3ccccc3s2)c(OC)c1OC. The van der Waals surface area contributed by atoms with Gasteiger partial charge in [0.15, 0.2) is 11.5 Å². The molecule has 158 valence electrons. The molecule has 0 saturated carbocycles. The highest BCUT2D eigenvalue weighted by molar-refractivity contribution is 7.20. The number of methoxy groups -OCH3 is 3. The van der Waals surface area contributed by atoms with Crippen LogP contribution in [-0.4, -0.2) is 42.0 Å². The summed E-state index contributed by atoms with van der Waals surface area (Å²) in [5, 5.41) is 8.23. The van der Waals surface area contributed by atoms with Crippen molar-refractivity contribution in [2.75, 3.05) is 26.6 Å². The first-order chi connectivity index (χ1) is 15.1. The van der Waals surface area contributed by atoms with Gasteiger partial charge in [-0.05, 0) is 18.2 Å². The Balaban J connectivity index is 1.64. The molecule has 4 aromatic rings. The molecule has 0 aliphatic carbocycles. The number of nitrogens with zero attached hydrogens (tertiary/aromatic N) is 3. The standard InChI is InChI=1S/C22H20N4O4S/c1-28-16-9-8-12(19(29-2)20(16)30-3)13-10-18(27)25-21-14(13)11-23-26(21)22-24-15-6-4-5-7-17(15)31-22/h4-9,11,13H,10H2,1-3H3,(H,25,27)/t13-/m1/s1. The highest BCUT2D eigenvalue weighted by Crippen LogP contribution is 2.47. The van der Waals surface area contributed by atoms with Crippen molar-refractivity contribution in [2.45, 2.75) is 12.3 Å². The van der Waals surface area contributed by atoms with Gasteiger partial charge in [-0.1, -0.05) is 29.5 Å². The quantitative estimate of drug-likeness (QED) is 0.509. The molecular formula is C22H20N4O4S. The van der Waals surface area contributed by atoms with Crippen LogP contribution >= 0.6 is 11.3 Å². The van der Waals surface area contributed by atoms with E-state index in [-0.39, 0.29) is 18.2 Å². The van der Waals surface area contributed by atoms with Crippen molar-refractivity contribution in [3.8, 4) is 22.4 Å². The minimum atomic E-state index is -0.248. The van der Waals surface area contributed by atoms with Gasteiger partial charge in [-0.25, -0.2) is 4.98 Å². The van der Waals surface area contributed by atoms with Crippen molar-refractivity contribution in [1.29, 1.82) is 0 Å². The van der Waals surface area contributed by atoms with E-state index in [1.807, 2.05) is 36.4 Å². The third-order valence-electron chi connectivity index (χ3n) is 5.39. The van der Waals surface area contributed by atoms with E-state index in [9.17, 15) is 4.79 Å². The van der Waals surface area contributed by atoms with Gasteiger partial charge in [-0.3, -0.25) is 4.79 Å². The summed E-state index contributed by atoms with van der Waals surface area (Å²) in [7, 11) is 4.72. The molecule has 0 saturated heterocycles. The molecular weight excluding hydrogens is 416 g/mol. The molecule has 0 spiro atoms. The second kappa shape index (κ2) is 7.59.